The minimum Gasteiger partial charge on any atom is -0.477 e. The molecule has 3 heterocycles. The first-order chi connectivity index (χ1) is 14.0. The highest BCUT2D eigenvalue weighted by Gasteiger charge is 2.54. The number of aliphatic hydroxyl groups excluding tert-OH is 1. The Morgan fingerprint density at radius 2 is 1.97 bits per heavy atom. The summed E-state index contributed by atoms with van der Waals surface area (Å²) in [5, 5.41) is 24.5. The average Bonchev–Trinajstić information content (AvgIpc) is 3.23. The molecule has 0 radical (unpaired) electrons. The van der Waals surface area contributed by atoms with E-state index in [0.29, 0.717) is 5.56 Å². The molecule has 0 bridgehead atoms. The highest BCUT2D eigenvalue weighted by molar-refractivity contribution is 8.00. The van der Waals surface area contributed by atoms with E-state index in [2.05, 4.69) is 5.32 Å². The van der Waals surface area contributed by atoms with Crippen LogP contribution >= 0.6 is 23.1 Å². The fourth-order valence-corrected chi connectivity index (χ4v) is 5.57. The summed E-state index contributed by atoms with van der Waals surface area (Å²) in [6.45, 7) is 0. The van der Waals surface area contributed by atoms with Crippen LogP contribution in [-0.4, -0.2) is 50.1 Å². The molecule has 2 aliphatic heterocycles. The Labute approximate surface area is 175 Å². The molecule has 3 atom stereocenters. The van der Waals surface area contributed by atoms with Crippen molar-refractivity contribution < 1.29 is 24.6 Å². The molecular weight excluding hydrogens is 412 g/mol. The lowest BCUT2D eigenvalue weighted by Crippen LogP contribution is -2.70. The average molecular weight is 431 g/mol. The highest BCUT2D eigenvalue weighted by atomic mass is 32.2. The van der Waals surface area contributed by atoms with E-state index < -0.39 is 29.4 Å². The van der Waals surface area contributed by atoms with Crippen molar-refractivity contribution in [3.05, 3.63) is 69.6 Å². The number of aliphatic hydroxyl groups is 1. The number of nitrogens with zero attached hydrogens (tertiary/aromatic N) is 1. The van der Waals surface area contributed by atoms with Gasteiger partial charge in [-0.3, -0.25) is 14.5 Å². The summed E-state index contributed by atoms with van der Waals surface area (Å²) in [5.74, 6) is -1.76. The van der Waals surface area contributed by atoms with Crippen molar-refractivity contribution >= 4 is 40.9 Å². The van der Waals surface area contributed by atoms with E-state index in [-0.39, 0.29) is 29.4 Å². The van der Waals surface area contributed by atoms with Crippen LogP contribution in [0, 0.1) is 0 Å². The van der Waals surface area contributed by atoms with Crippen LogP contribution in [0.1, 0.15) is 16.5 Å². The van der Waals surface area contributed by atoms with Gasteiger partial charge in [0.1, 0.15) is 23.2 Å². The smallest absolute Gasteiger partial charge is 0.352 e. The lowest BCUT2D eigenvalue weighted by Gasteiger charge is -2.49. The molecule has 150 valence electrons. The van der Waals surface area contributed by atoms with Gasteiger partial charge in [0.15, 0.2) is 0 Å². The Balaban J connectivity index is 1.53. The topological polar surface area (TPSA) is 107 Å². The second-order valence-corrected chi connectivity index (χ2v) is 8.84. The largest absolute Gasteiger partial charge is 0.477 e. The van der Waals surface area contributed by atoms with E-state index in [0.717, 1.165) is 4.88 Å². The maximum absolute atomic E-state index is 12.7. The molecule has 7 nitrogen and oxygen atoms in total. The first-order valence-corrected chi connectivity index (χ1v) is 10.9. The number of thioether (sulfide) groups is 1. The van der Waals surface area contributed by atoms with Gasteiger partial charge in [-0.2, -0.15) is 0 Å². The van der Waals surface area contributed by atoms with Crippen molar-refractivity contribution in [1.29, 1.82) is 0 Å². The monoisotopic (exact) mass is 430 g/mol. The van der Waals surface area contributed by atoms with Gasteiger partial charge in [-0.25, -0.2) is 4.79 Å². The van der Waals surface area contributed by atoms with Crippen molar-refractivity contribution in [2.75, 3.05) is 5.75 Å². The lowest BCUT2D eigenvalue weighted by atomic mass is 9.96. The van der Waals surface area contributed by atoms with Gasteiger partial charge >= 0.3 is 5.97 Å². The third-order valence-electron chi connectivity index (χ3n) is 4.88. The molecule has 0 saturated carbocycles. The first-order valence-electron chi connectivity index (χ1n) is 8.93. The number of hydrogen-bond acceptors (Lipinski definition) is 6. The van der Waals surface area contributed by atoms with Crippen LogP contribution in [0.25, 0.3) is 0 Å². The van der Waals surface area contributed by atoms with Gasteiger partial charge in [-0.1, -0.05) is 36.4 Å². The molecule has 2 aromatic rings. The van der Waals surface area contributed by atoms with Crippen molar-refractivity contribution in [2.45, 2.75) is 23.9 Å². The molecule has 0 aliphatic carbocycles. The van der Waals surface area contributed by atoms with Crippen molar-refractivity contribution in [3.8, 4) is 0 Å². The molecule has 9 heteroatoms. The molecule has 1 aromatic heterocycles. The molecule has 29 heavy (non-hydrogen) atoms. The van der Waals surface area contributed by atoms with Gasteiger partial charge in [0.05, 0.1) is 6.42 Å². The summed E-state index contributed by atoms with van der Waals surface area (Å²) in [4.78, 5) is 38.9. The molecule has 1 saturated heterocycles. The molecule has 2 amide bonds. The Kier molecular flexibility index (Phi) is 5.44. The lowest BCUT2D eigenvalue weighted by molar-refractivity contribution is -0.150. The maximum atomic E-state index is 12.7. The maximum Gasteiger partial charge on any atom is 0.352 e. The number of fused-ring (bicyclic) bond motifs is 1. The van der Waals surface area contributed by atoms with Gasteiger partial charge in [0.25, 0.3) is 5.91 Å². The molecular formula is C20H18N2O5S2. The predicted octanol–water partition coefficient (Wildman–Crippen LogP) is 1.76. The van der Waals surface area contributed by atoms with E-state index in [1.165, 1.54) is 28.0 Å². The van der Waals surface area contributed by atoms with Crippen LogP contribution in [-0.2, 0) is 20.8 Å². The Morgan fingerprint density at radius 1 is 1.21 bits per heavy atom. The number of rotatable bonds is 6. The van der Waals surface area contributed by atoms with E-state index in [4.69, 9.17) is 0 Å². The quantitative estimate of drug-likeness (QED) is 0.603. The Morgan fingerprint density at radius 3 is 2.62 bits per heavy atom. The summed E-state index contributed by atoms with van der Waals surface area (Å²) < 4.78 is 0. The van der Waals surface area contributed by atoms with Crippen LogP contribution < -0.4 is 5.32 Å². The Bertz CT molecular complexity index is 974. The summed E-state index contributed by atoms with van der Waals surface area (Å²) >= 11 is 2.80. The molecule has 4 rings (SSSR count). The minimum atomic E-state index is -1.27. The number of β-lactam (4-membered cyclic amide) rings is 1. The van der Waals surface area contributed by atoms with Crippen molar-refractivity contribution in [2.24, 2.45) is 0 Å². The number of carboxylic acids is 1. The van der Waals surface area contributed by atoms with E-state index in [9.17, 15) is 24.6 Å². The fraction of sp³-hybridized carbons (Fsp3) is 0.250. The number of hydrogen-bond donors (Lipinski definition) is 3. The SMILES string of the molecule is O=C(Cc1cccs1)NC1C(=O)N2C(C(=O)O)=C(C(O)c3ccccc3)CS[C@@H]12. The number of carbonyl (C=O) groups is 3. The number of benzene rings is 1. The van der Waals surface area contributed by atoms with Crippen LogP contribution in [0.2, 0.25) is 0 Å². The van der Waals surface area contributed by atoms with E-state index in [1.54, 1.807) is 30.3 Å². The standard InChI is InChI=1S/C20H18N2O5S2/c23-14(9-12-7-4-8-28-12)21-15-18(25)22-16(20(26)27)13(10-29-19(15)22)17(24)11-5-2-1-3-6-11/h1-8,15,17,19,24H,9-10H2,(H,21,23)(H,26,27)/t15?,17?,19-/m0/s1. The molecule has 3 N–H and O–H groups in total. The molecule has 0 spiro atoms. The number of nitrogens with one attached hydrogen (secondary N) is 1. The van der Waals surface area contributed by atoms with Crippen LogP contribution in [0.3, 0.4) is 0 Å². The second-order valence-electron chi connectivity index (χ2n) is 6.70. The van der Waals surface area contributed by atoms with Gasteiger partial charge < -0.3 is 15.5 Å². The van der Waals surface area contributed by atoms with Gasteiger partial charge in [-0.05, 0) is 17.0 Å². The molecule has 1 fully saturated rings. The predicted molar refractivity (Wildman–Crippen MR) is 109 cm³/mol. The number of carboxylic acid groups (broad SMARTS) is 1. The normalized spacial score (nSPS) is 22.0. The summed E-state index contributed by atoms with van der Waals surface area (Å²) in [6.07, 6.45) is -0.936. The molecule has 2 unspecified atom stereocenters. The third-order valence-corrected chi connectivity index (χ3v) is 7.06. The number of thiophene rings is 1. The Hall–Kier alpha value is -2.62. The summed E-state index contributed by atoms with van der Waals surface area (Å²) in [5.41, 5.74) is 0.648. The van der Waals surface area contributed by atoms with E-state index in [1.807, 2.05) is 17.5 Å². The fourth-order valence-electron chi connectivity index (χ4n) is 3.48. The summed E-state index contributed by atoms with van der Waals surface area (Å²) in [7, 11) is 0. The van der Waals surface area contributed by atoms with Crippen LogP contribution in [0.5, 0.6) is 0 Å². The zero-order valence-electron chi connectivity index (χ0n) is 15.1. The van der Waals surface area contributed by atoms with Gasteiger partial charge in [-0.15, -0.1) is 23.1 Å². The number of carbonyl (C=O) groups excluding carboxylic acids is 2. The van der Waals surface area contributed by atoms with Crippen LogP contribution in [0.4, 0.5) is 0 Å². The van der Waals surface area contributed by atoms with Crippen molar-refractivity contribution in [1.82, 2.24) is 10.2 Å². The van der Waals surface area contributed by atoms with Crippen molar-refractivity contribution in [3.63, 3.8) is 0 Å². The summed E-state index contributed by atoms with van der Waals surface area (Å²) in [6, 6.07) is 11.7. The molecule has 1 aromatic carbocycles. The first kappa shape index (κ1) is 19.7. The highest BCUT2D eigenvalue weighted by Crippen LogP contribution is 2.43. The second kappa shape index (κ2) is 8.02. The zero-order valence-corrected chi connectivity index (χ0v) is 16.8. The number of amides is 2. The van der Waals surface area contributed by atoms with Gasteiger partial charge in [0, 0.05) is 16.2 Å². The van der Waals surface area contributed by atoms with E-state index >= 15 is 0 Å². The molecule has 2 aliphatic rings. The number of aliphatic carboxylic acids is 1. The van der Waals surface area contributed by atoms with Gasteiger partial charge in [0.2, 0.25) is 5.91 Å². The zero-order chi connectivity index (χ0) is 20.5. The van der Waals surface area contributed by atoms with Crippen LogP contribution in [0.15, 0.2) is 59.1 Å². The minimum absolute atomic E-state index is 0.179. The third kappa shape index (κ3) is 3.68.